The summed E-state index contributed by atoms with van der Waals surface area (Å²) in [5, 5.41) is 3.87. The van der Waals surface area contributed by atoms with Crippen molar-refractivity contribution in [3.05, 3.63) is 51.0 Å². The average Bonchev–Trinajstić information content (AvgIpc) is 2.86. The molecule has 6 heteroatoms. The van der Waals surface area contributed by atoms with E-state index in [4.69, 9.17) is 5.73 Å². The molecule has 1 heterocycles. The number of nitrogens with two attached hydrogens (primary N) is 1. The maximum atomic E-state index is 12.2. The van der Waals surface area contributed by atoms with Crippen LogP contribution < -0.4 is 11.1 Å². The van der Waals surface area contributed by atoms with Crippen molar-refractivity contribution in [3.63, 3.8) is 0 Å². The Balaban J connectivity index is 1.99. The molecule has 2 aromatic rings. The van der Waals surface area contributed by atoms with E-state index in [0.29, 0.717) is 17.0 Å². The number of rotatable bonds is 6. The first-order chi connectivity index (χ1) is 10.5. The topological polar surface area (TPSA) is 85.1 Å². The molecule has 0 atom stereocenters. The fourth-order valence-electron chi connectivity index (χ4n) is 2.03. The van der Waals surface area contributed by atoms with Crippen LogP contribution in [0.25, 0.3) is 0 Å². The van der Waals surface area contributed by atoms with Gasteiger partial charge in [-0.05, 0) is 37.5 Å². The normalized spacial score (nSPS) is 10.5. The zero-order valence-corrected chi connectivity index (χ0v) is 13.5. The molecule has 116 valence electrons. The number of carbonyl (C=O) groups is 2. The molecule has 5 nitrogen and oxygen atoms in total. The van der Waals surface area contributed by atoms with Crippen molar-refractivity contribution in [3.8, 4) is 0 Å². The third kappa shape index (κ3) is 3.92. The molecule has 0 saturated carbocycles. The van der Waals surface area contributed by atoms with E-state index in [1.165, 1.54) is 11.3 Å². The molecule has 0 aliphatic rings. The van der Waals surface area contributed by atoms with Crippen molar-refractivity contribution >= 4 is 23.2 Å². The summed E-state index contributed by atoms with van der Waals surface area (Å²) in [6, 6.07) is 6.87. The minimum Gasteiger partial charge on any atom is -0.366 e. The predicted octanol–water partition coefficient (Wildman–Crippen LogP) is 2.43. The Morgan fingerprint density at radius 2 is 1.95 bits per heavy atom. The molecule has 1 aromatic heterocycles. The van der Waals surface area contributed by atoms with Crippen LogP contribution in [0.1, 0.15) is 49.6 Å². The Kier molecular flexibility index (Phi) is 5.27. The number of nitrogens with zero attached hydrogens (tertiary/aromatic N) is 1. The molecule has 0 fully saturated rings. The fraction of sp³-hybridized carbons (Fsp3) is 0.312. The van der Waals surface area contributed by atoms with Crippen LogP contribution in [-0.2, 0) is 13.0 Å². The highest BCUT2D eigenvalue weighted by molar-refractivity contribution is 7.13. The van der Waals surface area contributed by atoms with Crippen molar-refractivity contribution < 1.29 is 9.59 Å². The number of hydrogen-bond donors (Lipinski definition) is 2. The van der Waals surface area contributed by atoms with E-state index < -0.39 is 5.91 Å². The predicted molar refractivity (Wildman–Crippen MR) is 87.0 cm³/mol. The summed E-state index contributed by atoms with van der Waals surface area (Å²) in [5.74, 6) is -0.573. The van der Waals surface area contributed by atoms with Gasteiger partial charge in [-0.15, -0.1) is 11.3 Å². The molecule has 0 saturated heterocycles. The van der Waals surface area contributed by atoms with Gasteiger partial charge in [-0.2, -0.15) is 0 Å². The van der Waals surface area contributed by atoms with Gasteiger partial charge in [0.25, 0.3) is 5.91 Å². The summed E-state index contributed by atoms with van der Waals surface area (Å²) < 4.78 is 0. The van der Waals surface area contributed by atoms with Gasteiger partial charge in [0, 0.05) is 12.1 Å². The number of carbonyl (C=O) groups excluding carboxylic acids is 2. The molecule has 0 unspecified atom stereocenters. The van der Waals surface area contributed by atoms with Crippen LogP contribution in [0.3, 0.4) is 0 Å². The lowest BCUT2D eigenvalue weighted by atomic mass is 10.1. The molecule has 22 heavy (non-hydrogen) atoms. The van der Waals surface area contributed by atoms with E-state index in [2.05, 4.69) is 17.2 Å². The second-order valence-electron chi connectivity index (χ2n) is 5.02. The Labute approximate surface area is 133 Å². The Bertz CT molecular complexity index is 677. The van der Waals surface area contributed by atoms with Gasteiger partial charge in [0.1, 0.15) is 4.88 Å². The molecule has 2 rings (SSSR count). The van der Waals surface area contributed by atoms with Crippen LogP contribution in [-0.4, -0.2) is 16.8 Å². The molecule has 3 N–H and O–H groups in total. The Morgan fingerprint density at radius 1 is 1.27 bits per heavy atom. The van der Waals surface area contributed by atoms with Gasteiger partial charge in [0.15, 0.2) is 0 Å². The quantitative estimate of drug-likeness (QED) is 0.858. The summed E-state index contributed by atoms with van der Waals surface area (Å²) in [7, 11) is 0. The summed E-state index contributed by atoms with van der Waals surface area (Å²) in [5.41, 5.74) is 7.33. The number of nitrogens with one attached hydrogen (secondary N) is 1. The lowest BCUT2D eigenvalue weighted by molar-refractivity contribution is 0.0952. The van der Waals surface area contributed by atoms with Crippen molar-refractivity contribution in [2.45, 2.75) is 33.2 Å². The van der Waals surface area contributed by atoms with Gasteiger partial charge in [0.05, 0.1) is 10.7 Å². The molecule has 2 amide bonds. The lowest BCUT2D eigenvalue weighted by Gasteiger charge is -2.05. The molecule has 0 spiro atoms. The standard InChI is InChI=1S/C16H19N3O2S/c1-3-4-13-19-10(2)14(22-13)16(21)18-9-11-5-7-12(8-6-11)15(17)20/h5-8H,3-4,9H2,1-2H3,(H2,17,20)(H,18,21). The van der Waals surface area contributed by atoms with Crippen LogP contribution in [0.4, 0.5) is 0 Å². The third-order valence-corrected chi connectivity index (χ3v) is 4.42. The zero-order valence-electron chi connectivity index (χ0n) is 12.7. The van der Waals surface area contributed by atoms with E-state index in [0.717, 1.165) is 29.1 Å². The van der Waals surface area contributed by atoms with Gasteiger partial charge in [-0.25, -0.2) is 4.98 Å². The Morgan fingerprint density at radius 3 is 2.55 bits per heavy atom. The fourth-order valence-corrected chi connectivity index (χ4v) is 3.12. The first-order valence-corrected chi connectivity index (χ1v) is 7.96. The van der Waals surface area contributed by atoms with E-state index in [9.17, 15) is 9.59 Å². The number of thiazole rings is 1. The van der Waals surface area contributed by atoms with Crippen molar-refractivity contribution in [1.29, 1.82) is 0 Å². The van der Waals surface area contributed by atoms with Crippen molar-refractivity contribution in [2.24, 2.45) is 5.73 Å². The first kappa shape index (κ1) is 16.2. The smallest absolute Gasteiger partial charge is 0.263 e. The number of aromatic nitrogens is 1. The van der Waals surface area contributed by atoms with Crippen molar-refractivity contribution in [2.75, 3.05) is 0 Å². The molecule has 0 radical (unpaired) electrons. The first-order valence-electron chi connectivity index (χ1n) is 7.14. The highest BCUT2D eigenvalue weighted by Crippen LogP contribution is 2.19. The largest absolute Gasteiger partial charge is 0.366 e. The summed E-state index contributed by atoms with van der Waals surface area (Å²) in [4.78, 5) is 28.3. The lowest BCUT2D eigenvalue weighted by Crippen LogP contribution is -2.22. The number of primary amides is 1. The molecule has 0 bridgehead atoms. The second kappa shape index (κ2) is 7.17. The highest BCUT2D eigenvalue weighted by atomic mass is 32.1. The molecular weight excluding hydrogens is 298 g/mol. The third-order valence-electron chi connectivity index (χ3n) is 3.20. The van der Waals surface area contributed by atoms with Crippen LogP contribution >= 0.6 is 11.3 Å². The monoisotopic (exact) mass is 317 g/mol. The van der Waals surface area contributed by atoms with E-state index in [1.807, 2.05) is 6.92 Å². The van der Waals surface area contributed by atoms with Crippen molar-refractivity contribution in [1.82, 2.24) is 10.3 Å². The minimum atomic E-state index is -0.459. The van der Waals surface area contributed by atoms with Crippen LogP contribution in [0.15, 0.2) is 24.3 Å². The average molecular weight is 317 g/mol. The molecule has 0 aliphatic heterocycles. The van der Waals surface area contributed by atoms with Gasteiger partial charge >= 0.3 is 0 Å². The summed E-state index contributed by atoms with van der Waals surface area (Å²) >= 11 is 1.45. The molecule has 0 aliphatic carbocycles. The zero-order chi connectivity index (χ0) is 16.1. The van der Waals surface area contributed by atoms with Gasteiger partial charge in [-0.1, -0.05) is 19.1 Å². The minimum absolute atomic E-state index is 0.115. The maximum Gasteiger partial charge on any atom is 0.263 e. The van der Waals surface area contributed by atoms with E-state index in [1.54, 1.807) is 24.3 Å². The maximum absolute atomic E-state index is 12.2. The van der Waals surface area contributed by atoms with Gasteiger partial charge in [-0.3, -0.25) is 9.59 Å². The Hall–Kier alpha value is -2.21. The highest BCUT2D eigenvalue weighted by Gasteiger charge is 2.14. The second-order valence-corrected chi connectivity index (χ2v) is 6.10. The van der Waals surface area contributed by atoms with Gasteiger partial charge in [0.2, 0.25) is 5.91 Å². The number of amides is 2. The summed E-state index contributed by atoms with van der Waals surface area (Å²) in [6.07, 6.45) is 1.91. The van der Waals surface area contributed by atoms with E-state index in [-0.39, 0.29) is 5.91 Å². The summed E-state index contributed by atoms with van der Waals surface area (Å²) in [6.45, 7) is 4.34. The molecule has 1 aromatic carbocycles. The van der Waals surface area contributed by atoms with E-state index >= 15 is 0 Å². The molecular formula is C16H19N3O2S. The van der Waals surface area contributed by atoms with Crippen LogP contribution in [0, 0.1) is 6.92 Å². The van der Waals surface area contributed by atoms with Gasteiger partial charge < -0.3 is 11.1 Å². The SMILES string of the molecule is CCCc1nc(C)c(C(=O)NCc2ccc(C(N)=O)cc2)s1. The van der Waals surface area contributed by atoms with Crippen LogP contribution in [0.5, 0.6) is 0 Å². The number of hydrogen-bond acceptors (Lipinski definition) is 4. The van der Waals surface area contributed by atoms with Crippen LogP contribution in [0.2, 0.25) is 0 Å². The number of aryl methyl sites for hydroxylation is 2. The number of benzene rings is 1.